The third kappa shape index (κ3) is 3.56. The predicted molar refractivity (Wildman–Crippen MR) is 70.1 cm³/mol. The van der Waals surface area contributed by atoms with Gasteiger partial charge in [0.25, 0.3) is 0 Å². The lowest BCUT2D eigenvalue weighted by Crippen LogP contribution is -2.28. The molecule has 0 saturated heterocycles. The number of carbonyl (C=O) groups excluding carboxylic acids is 1. The molecule has 0 fully saturated rings. The van der Waals surface area contributed by atoms with Crippen LogP contribution in [0.2, 0.25) is 0 Å². The standard InChI is InChI=1S/C13H18N2O3/c1-8-5-9(2)12(10(6-8)13(17)18)14-11(16)7-15(3)4/h5-6H,7H2,1-4H3,(H,14,16)(H,17,18). The van der Waals surface area contributed by atoms with Crippen molar-refractivity contribution in [3.63, 3.8) is 0 Å². The minimum absolute atomic E-state index is 0.125. The Hall–Kier alpha value is -1.88. The summed E-state index contributed by atoms with van der Waals surface area (Å²) in [5.74, 6) is -1.27. The fraction of sp³-hybridized carbons (Fsp3) is 0.385. The van der Waals surface area contributed by atoms with Crippen LogP contribution in [0.4, 0.5) is 5.69 Å². The van der Waals surface area contributed by atoms with Crippen molar-refractivity contribution in [1.82, 2.24) is 4.90 Å². The number of amides is 1. The quantitative estimate of drug-likeness (QED) is 0.849. The predicted octanol–water partition coefficient (Wildman–Crippen LogP) is 1.50. The van der Waals surface area contributed by atoms with Crippen molar-refractivity contribution in [2.45, 2.75) is 13.8 Å². The number of nitrogens with one attached hydrogen (secondary N) is 1. The van der Waals surface area contributed by atoms with Crippen LogP contribution in [0.25, 0.3) is 0 Å². The lowest BCUT2D eigenvalue weighted by atomic mass is 10.0. The third-order valence-electron chi connectivity index (χ3n) is 2.43. The summed E-state index contributed by atoms with van der Waals surface area (Å²) in [6, 6.07) is 3.40. The van der Waals surface area contributed by atoms with Gasteiger partial charge in [0.15, 0.2) is 0 Å². The lowest BCUT2D eigenvalue weighted by Gasteiger charge is -2.14. The van der Waals surface area contributed by atoms with E-state index in [1.165, 1.54) is 0 Å². The topological polar surface area (TPSA) is 69.6 Å². The zero-order valence-corrected chi connectivity index (χ0v) is 11.1. The van der Waals surface area contributed by atoms with Gasteiger partial charge in [0.2, 0.25) is 5.91 Å². The molecule has 0 atom stereocenters. The second-order valence-electron chi connectivity index (χ2n) is 4.60. The highest BCUT2D eigenvalue weighted by atomic mass is 16.4. The number of carbonyl (C=O) groups is 2. The van der Waals surface area contributed by atoms with Crippen molar-refractivity contribution in [2.75, 3.05) is 26.0 Å². The van der Waals surface area contributed by atoms with E-state index in [0.29, 0.717) is 5.69 Å². The van der Waals surface area contributed by atoms with E-state index in [0.717, 1.165) is 11.1 Å². The number of nitrogens with zero attached hydrogens (tertiary/aromatic N) is 1. The monoisotopic (exact) mass is 250 g/mol. The summed E-state index contributed by atoms with van der Waals surface area (Å²) in [7, 11) is 3.55. The fourth-order valence-electron chi connectivity index (χ4n) is 1.77. The Kier molecular flexibility index (Phi) is 4.44. The van der Waals surface area contributed by atoms with Crippen LogP contribution in [0.15, 0.2) is 12.1 Å². The van der Waals surface area contributed by atoms with Gasteiger partial charge in [0, 0.05) is 0 Å². The van der Waals surface area contributed by atoms with Crippen molar-refractivity contribution in [1.29, 1.82) is 0 Å². The number of aryl methyl sites for hydroxylation is 2. The number of hydrogen-bond donors (Lipinski definition) is 2. The highest BCUT2D eigenvalue weighted by Gasteiger charge is 2.15. The number of aromatic carboxylic acids is 1. The van der Waals surface area contributed by atoms with E-state index >= 15 is 0 Å². The molecule has 0 heterocycles. The minimum atomic E-state index is -1.04. The van der Waals surface area contributed by atoms with Crippen LogP contribution in [-0.2, 0) is 4.79 Å². The summed E-state index contributed by atoms with van der Waals surface area (Å²) in [5, 5.41) is 11.8. The van der Waals surface area contributed by atoms with Gasteiger partial charge in [-0.15, -0.1) is 0 Å². The number of rotatable bonds is 4. The summed E-state index contributed by atoms with van der Waals surface area (Å²) >= 11 is 0. The molecule has 2 N–H and O–H groups in total. The van der Waals surface area contributed by atoms with Gasteiger partial charge in [0.1, 0.15) is 0 Å². The molecular formula is C13H18N2O3. The molecule has 1 aromatic rings. The van der Waals surface area contributed by atoms with Gasteiger partial charge in [-0.3, -0.25) is 4.79 Å². The molecule has 1 amide bonds. The van der Waals surface area contributed by atoms with Crippen LogP contribution in [0.5, 0.6) is 0 Å². The molecule has 0 spiro atoms. The molecule has 0 saturated carbocycles. The molecule has 0 aliphatic carbocycles. The summed E-state index contributed by atoms with van der Waals surface area (Å²) in [4.78, 5) is 24.6. The molecule has 0 aliphatic heterocycles. The Morgan fingerprint density at radius 1 is 1.28 bits per heavy atom. The van der Waals surface area contributed by atoms with Crippen LogP contribution < -0.4 is 5.32 Å². The van der Waals surface area contributed by atoms with E-state index in [-0.39, 0.29) is 18.0 Å². The molecule has 18 heavy (non-hydrogen) atoms. The van der Waals surface area contributed by atoms with Gasteiger partial charge in [-0.05, 0) is 45.1 Å². The average Bonchev–Trinajstić information content (AvgIpc) is 2.20. The number of hydrogen-bond acceptors (Lipinski definition) is 3. The molecule has 5 nitrogen and oxygen atoms in total. The minimum Gasteiger partial charge on any atom is -0.478 e. The Bertz CT molecular complexity index is 481. The molecular weight excluding hydrogens is 232 g/mol. The highest BCUT2D eigenvalue weighted by Crippen LogP contribution is 2.22. The average molecular weight is 250 g/mol. The van der Waals surface area contributed by atoms with E-state index in [2.05, 4.69) is 5.32 Å². The Morgan fingerprint density at radius 2 is 1.89 bits per heavy atom. The maximum Gasteiger partial charge on any atom is 0.337 e. The maximum absolute atomic E-state index is 11.7. The molecule has 0 unspecified atom stereocenters. The molecule has 0 aromatic heterocycles. The van der Waals surface area contributed by atoms with Gasteiger partial charge < -0.3 is 15.3 Å². The first-order valence-corrected chi connectivity index (χ1v) is 5.60. The number of likely N-dealkylation sites (N-methyl/N-ethyl adjacent to an activating group) is 1. The Labute approximate surface area is 106 Å². The summed E-state index contributed by atoms with van der Waals surface area (Å²) in [6.07, 6.45) is 0. The second-order valence-corrected chi connectivity index (χ2v) is 4.60. The van der Waals surface area contributed by atoms with Gasteiger partial charge in [0.05, 0.1) is 17.8 Å². The lowest BCUT2D eigenvalue weighted by molar-refractivity contribution is -0.116. The molecule has 1 aromatic carbocycles. The zero-order valence-electron chi connectivity index (χ0n) is 11.1. The third-order valence-corrected chi connectivity index (χ3v) is 2.43. The molecule has 0 aliphatic rings. The van der Waals surface area contributed by atoms with Crippen LogP contribution in [0.1, 0.15) is 21.5 Å². The first-order valence-electron chi connectivity index (χ1n) is 5.60. The smallest absolute Gasteiger partial charge is 0.337 e. The zero-order chi connectivity index (χ0) is 13.9. The summed E-state index contributed by atoms with van der Waals surface area (Å²) < 4.78 is 0. The number of benzene rings is 1. The van der Waals surface area contributed by atoms with Gasteiger partial charge in [-0.2, -0.15) is 0 Å². The van der Waals surface area contributed by atoms with Crippen molar-refractivity contribution >= 4 is 17.6 Å². The second kappa shape index (κ2) is 5.64. The van der Waals surface area contributed by atoms with Crippen molar-refractivity contribution < 1.29 is 14.7 Å². The van der Waals surface area contributed by atoms with E-state index < -0.39 is 5.97 Å². The molecule has 1 rings (SSSR count). The largest absolute Gasteiger partial charge is 0.478 e. The van der Waals surface area contributed by atoms with Gasteiger partial charge >= 0.3 is 5.97 Å². The normalized spacial score (nSPS) is 10.5. The van der Waals surface area contributed by atoms with E-state index in [4.69, 9.17) is 5.11 Å². The van der Waals surface area contributed by atoms with Crippen LogP contribution in [0, 0.1) is 13.8 Å². The van der Waals surface area contributed by atoms with E-state index in [9.17, 15) is 9.59 Å². The molecule has 5 heteroatoms. The number of carboxylic acid groups (broad SMARTS) is 1. The van der Waals surface area contributed by atoms with E-state index in [1.54, 1.807) is 32.0 Å². The first-order chi connectivity index (χ1) is 8.31. The Balaban J connectivity index is 3.07. The van der Waals surface area contributed by atoms with Gasteiger partial charge in [-0.1, -0.05) is 6.07 Å². The van der Waals surface area contributed by atoms with Gasteiger partial charge in [-0.25, -0.2) is 4.79 Å². The molecule has 0 radical (unpaired) electrons. The number of anilines is 1. The van der Waals surface area contributed by atoms with Crippen LogP contribution >= 0.6 is 0 Å². The summed E-state index contributed by atoms with van der Waals surface area (Å²) in [6.45, 7) is 3.82. The SMILES string of the molecule is Cc1cc(C)c(NC(=O)CN(C)C)c(C(=O)O)c1. The van der Waals surface area contributed by atoms with E-state index in [1.807, 2.05) is 13.0 Å². The van der Waals surface area contributed by atoms with Crippen LogP contribution in [0.3, 0.4) is 0 Å². The number of carboxylic acids is 1. The first kappa shape index (κ1) is 14.2. The summed E-state index contributed by atoms with van der Waals surface area (Å²) in [5.41, 5.74) is 2.11. The fourth-order valence-corrected chi connectivity index (χ4v) is 1.77. The van der Waals surface area contributed by atoms with Crippen LogP contribution in [-0.4, -0.2) is 42.5 Å². The highest BCUT2D eigenvalue weighted by molar-refractivity contribution is 6.02. The van der Waals surface area contributed by atoms with Crippen molar-refractivity contribution in [3.05, 3.63) is 28.8 Å². The molecule has 0 bridgehead atoms. The maximum atomic E-state index is 11.7. The Morgan fingerprint density at radius 3 is 2.39 bits per heavy atom. The van der Waals surface area contributed by atoms with Crippen molar-refractivity contribution in [2.24, 2.45) is 0 Å². The molecule has 98 valence electrons. The van der Waals surface area contributed by atoms with Crippen molar-refractivity contribution in [3.8, 4) is 0 Å².